The lowest BCUT2D eigenvalue weighted by Crippen LogP contribution is -2.34. The highest BCUT2D eigenvalue weighted by Crippen LogP contribution is 2.38. The van der Waals surface area contributed by atoms with Crippen molar-refractivity contribution in [2.45, 2.75) is 19.7 Å². The molecule has 2 aromatic heterocycles. The molecule has 0 spiro atoms. The van der Waals surface area contributed by atoms with Crippen LogP contribution in [0.25, 0.3) is 33.3 Å². The number of rotatable bonds is 11. The number of thiazole rings is 1. The van der Waals surface area contributed by atoms with E-state index in [1.807, 2.05) is 61.5 Å². The van der Waals surface area contributed by atoms with Gasteiger partial charge in [0.25, 0.3) is 11.8 Å². The van der Waals surface area contributed by atoms with Crippen LogP contribution in [-0.2, 0) is 6.54 Å². The lowest BCUT2D eigenvalue weighted by atomic mass is 9.94. The fourth-order valence-electron chi connectivity index (χ4n) is 5.31. The first-order chi connectivity index (χ1) is 22.3. The summed E-state index contributed by atoms with van der Waals surface area (Å²) in [5.41, 5.74) is 12.5. The monoisotopic (exact) mass is 635 g/mol. The molecule has 0 fully saturated rings. The smallest absolute Gasteiger partial charge is 0.284 e. The first-order valence-electron chi connectivity index (χ1n) is 14.4. The van der Waals surface area contributed by atoms with Gasteiger partial charge in [-0.2, -0.15) is 0 Å². The van der Waals surface area contributed by atoms with E-state index in [0.29, 0.717) is 34.1 Å². The van der Waals surface area contributed by atoms with Crippen molar-refractivity contribution in [3.63, 3.8) is 0 Å². The third-order valence-electron chi connectivity index (χ3n) is 7.62. The molecule has 6 aromatic rings. The molecule has 46 heavy (non-hydrogen) atoms. The van der Waals surface area contributed by atoms with Crippen LogP contribution in [-0.4, -0.2) is 39.7 Å². The Morgan fingerprint density at radius 3 is 2.57 bits per heavy atom. The zero-order chi connectivity index (χ0) is 32.2. The Balaban J connectivity index is 1.30. The number of benzene rings is 4. The number of aliphatic hydroxyl groups excluding tert-OH is 1. The Morgan fingerprint density at radius 1 is 1.02 bits per heavy atom. The highest BCUT2D eigenvalue weighted by atomic mass is 32.1. The summed E-state index contributed by atoms with van der Waals surface area (Å²) >= 11 is 1.26. The van der Waals surface area contributed by atoms with Crippen LogP contribution >= 0.6 is 11.3 Å². The van der Waals surface area contributed by atoms with E-state index in [4.69, 9.17) is 10.5 Å². The summed E-state index contributed by atoms with van der Waals surface area (Å²) in [6.45, 7) is 2.21. The summed E-state index contributed by atoms with van der Waals surface area (Å²) in [4.78, 5) is 32.7. The minimum absolute atomic E-state index is 0.0335. The first-order valence-corrected chi connectivity index (χ1v) is 15.3. The van der Waals surface area contributed by atoms with Crippen molar-refractivity contribution in [2.24, 2.45) is 5.73 Å². The quantitative estimate of drug-likeness (QED) is 0.107. The lowest BCUT2D eigenvalue weighted by Gasteiger charge is -2.15. The normalized spacial score (nSPS) is 11.8. The topological polar surface area (TPSA) is 142 Å². The number of fused-ring (bicyclic) bond motifs is 1. The first kappa shape index (κ1) is 30.7. The van der Waals surface area contributed by atoms with E-state index in [1.54, 1.807) is 17.6 Å². The molecule has 1 atom stereocenters. The molecule has 11 heteroatoms. The number of halogens is 1. The molecule has 0 saturated heterocycles. The van der Waals surface area contributed by atoms with E-state index >= 15 is 0 Å². The number of carbonyl (C=O) groups is 2. The van der Waals surface area contributed by atoms with Gasteiger partial charge >= 0.3 is 0 Å². The van der Waals surface area contributed by atoms with Gasteiger partial charge in [0.2, 0.25) is 0 Å². The Bertz CT molecular complexity index is 2030. The Kier molecular flexibility index (Phi) is 8.88. The largest absolute Gasteiger partial charge is 0.489 e. The number of aliphatic hydroxyl groups is 1. The van der Waals surface area contributed by atoms with Crippen LogP contribution < -0.4 is 21.1 Å². The van der Waals surface area contributed by atoms with Gasteiger partial charge < -0.3 is 25.9 Å². The zero-order valence-electron chi connectivity index (χ0n) is 24.7. The van der Waals surface area contributed by atoms with Crippen LogP contribution in [0.15, 0.2) is 96.5 Å². The van der Waals surface area contributed by atoms with Crippen LogP contribution in [0.3, 0.4) is 0 Å². The highest BCUT2D eigenvalue weighted by molar-refractivity contribution is 7.11. The lowest BCUT2D eigenvalue weighted by molar-refractivity contribution is 0.0774. The van der Waals surface area contributed by atoms with Gasteiger partial charge in [0.1, 0.15) is 24.4 Å². The van der Waals surface area contributed by atoms with Gasteiger partial charge in [-0.25, -0.2) is 9.37 Å². The number of carbonyl (C=O) groups excluding carboxylic acids is 2. The maximum absolute atomic E-state index is 13.2. The van der Waals surface area contributed by atoms with Crippen LogP contribution in [0.1, 0.15) is 31.3 Å². The van der Waals surface area contributed by atoms with Crippen LogP contribution in [0.4, 0.5) is 10.1 Å². The fourth-order valence-corrected chi connectivity index (χ4v) is 5.84. The van der Waals surface area contributed by atoms with E-state index in [0.717, 1.165) is 38.9 Å². The van der Waals surface area contributed by atoms with Gasteiger partial charge in [-0.15, -0.1) is 11.3 Å². The van der Waals surface area contributed by atoms with Gasteiger partial charge in [0.15, 0.2) is 5.01 Å². The van der Waals surface area contributed by atoms with E-state index in [9.17, 15) is 19.1 Å². The molecule has 2 amide bonds. The molecule has 0 aliphatic rings. The second-order valence-electron chi connectivity index (χ2n) is 10.6. The second-order valence-corrected chi connectivity index (χ2v) is 11.5. The van der Waals surface area contributed by atoms with Crippen molar-refractivity contribution in [3.05, 3.63) is 124 Å². The van der Waals surface area contributed by atoms with Crippen LogP contribution in [0.2, 0.25) is 0 Å². The molecule has 2 heterocycles. The van der Waals surface area contributed by atoms with Crippen LogP contribution in [0, 0.1) is 12.7 Å². The van der Waals surface area contributed by atoms with Crippen molar-refractivity contribution in [1.82, 2.24) is 15.3 Å². The third kappa shape index (κ3) is 6.52. The van der Waals surface area contributed by atoms with Crippen LogP contribution in [0.5, 0.6) is 5.75 Å². The van der Waals surface area contributed by atoms with Gasteiger partial charge in [0, 0.05) is 40.5 Å². The average Bonchev–Trinajstić information content (AvgIpc) is 3.76. The van der Waals surface area contributed by atoms with Gasteiger partial charge in [-0.1, -0.05) is 42.5 Å². The van der Waals surface area contributed by atoms with E-state index in [2.05, 4.69) is 20.6 Å². The Hall–Kier alpha value is -5.36. The third-order valence-corrected chi connectivity index (χ3v) is 8.39. The second kappa shape index (κ2) is 13.3. The van der Waals surface area contributed by atoms with E-state index in [1.165, 1.54) is 35.6 Å². The van der Waals surface area contributed by atoms with Crippen molar-refractivity contribution < 1.29 is 23.8 Å². The number of aromatic nitrogens is 2. The number of nitrogens with zero attached hydrogens (tertiary/aromatic N) is 1. The number of ether oxygens (including phenoxy) is 1. The minimum atomic E-state index is -0.986. The predicted molar refractivity (Wildman–Crippen MR) is 177 cm³/mol. The van der Waals surface area contributed by atoms with Crippen molar-refractivity contribution in [1.29, 1.82) is 0 Å². The number of H-pyrrole nitrogens is 1. The molecule has 6 N–H and O–H groups in total. The summed E-state index contributed by atoms with van der Waals surface area (Å²) in [6, 6.07) is 24.5. The molecule has 9 nitrogen and oxygen atoms in total. The maximum atomic E-state index is 13.2. The molecular weight excluding hydrogens is 605 g/mol. The molecule has 0 aliphatic carbocycles. The summed E-state index contributed by atoms with van der Waals surface area (Å²) in [6.07, 6.45) is 0.602. The summed E-state index contributed by atoms with van der Waals surface area (Å²) < 4.78 is 18.7. The Morgan fingerprint density at radius 2 is 1.80 bits per heavy atom. The zero-order valence-corrected chi connectivity index (χ0v) is 25.5. The highest BCUT2D eigenvalue weighted by Gasteiger charge is 2.19. The molecule has 232 valence electrons. The summed E-state index contributed by atoms with van der Waals surface area (Å²) in [5.74, 6) is -0.769. The SMILES string of the molecule is Cc1c(NC(=O)c2nccs2)cccc1-c1ccc(C(N)=O)c2[nH]c(-c3ccccc3CNC(O)COc3ccc(F)cc3)cc12. The van der Waals surface area contributed by atoms with Gasteiger partial charge in [-0.3, -0.25) is 14.9 Å². The van der Waals surface area contributed by atoms with Crippen molar-refractivity contribution >= 4 is 39.7 Å². The predicted octanol–water partition coefficient (Wildman–Crippen LogP) is 6.24. The van der Waals surface area contributed by atoms with Crippen molar-refractivity contribution in [2.75, 3.05) is 11.9 Å². The number of amides is 2. The standard InChI is InChI=1S/C35H30FN5O4S/c1-20-24(7-4-8-29(20)41-34(44)35-38-15-16-46-35)26-13-14-27(33(37)43)32-28(26)17-30(40-32)25-6-3-2-5-21(25)18-39-31(42)19-45-23-11-9-22(36)10-12-23/h2-17,31,39-40,42H,18-19H2,1H3,(H2,37,43)(H,41,44). The average molecular weight is 636 g/mol. The molecule has 6 rings (SSSR count). The summed E-state index contributed by atoms with van der Waals surface area (Å²) in [7, 11) is 0. The number of hydrogen-bond acceptors (Lipinski definition) is 7. The van der Waals surface area contributed by atoms with Gasteiger partial charge in [0.05, 0.1) is 11.1 Å². The molecule has 0 radical (unpaired) electrons. The van der Waals surface area contributed by atoms with E-state index in [-0.39, 0.29) is 18.3 Å². The summed E-state index contributed by atoms with van der Waals surface area (Å²) in [5, 5.41) is 19.4. The Labute approximate surface area is 267 Å². The molecule has 0 bridgehead atoms. The number of hydrogen-bond donors (Lipinski definition) is 5. The van der Waals surface area contributed by atoms with E-state index < -0.39 is 12.1 Å². The number of nitrogens with one attached hydrogen (secondary N) is 3. The molecule has 0 aliphatic heterocycles. The number of primary amides is 1. The molecule has 4 aromatic carbocycles. The molecule has 1 unspecified atom stereocenters. The molecular formula is C35H30FN5O4S. The maximum Gasteiger partial charge on any atom is 0.284 e. The van der Waals surface area contributed by atoms with Crippen molar-refractivity contribution in [3.8, 4) is 28.1 Å². The fraction of sp³-hybridized carbons (Fsp3) is 0.114. The van der Waals surface area contributed by atoms with Gasteiger partial charge in [-0.05, 0) is 71.6 Å². The number of aromatic amines is 1. The molecule has 0 saturated carbocycles. The number of anilines is 1. The minimum Gasteiger partial charge on any atom is -0.489 e. The number of nitrogens with two attached hydrogens (primary N) is 1.